The summed E-state index contributed by atoms with van der Waals surface area (Å²) in [5, 5.41) is 18.7. The molecule has 0 bridgehead atoms. The van der Waals surface area contributed by atoms with Gasteiger partial charge in [0.15, 0.2) is 48.7 Å². The van der Waals surface area contributed by atoms with Gasteiger partial charge in [-0.05, 0) is 224 Å². The predicted octanol–water partition coefficient (Wildman–Crippen LogP) is 15.2. The monoisotopic (exact) mass is 2710 g/mol. The Morgan fingerprint density at radius 1 is 0.538 bits per heavy atom. The molecule has 1 fully saturated rings. The minimum absolute atomic E-state index is 0.0278. The van der Waals surface area contributed by atoms with E-state index in [1.807, 2.05) is 125 Å². The van der Waals surface area contributed by atoms with Gasteiger partial charge in [0, 0.05) is 82.0 Å². The summed E-state index contributed by atoms with van der Waals surface area (Å²) in [5.41, 5.74) is 42.5. The zero-order valence-electron chi connectivity index (χ0n) is 78.2. The number of hydrogen-bond donors (Lipinski definition) is 11. The van der Waals surface area contributed by atoms with Crippen molar-refractivity contribution in [2.45, 2.75) is 111 Å². The Kier molecular flexibility index (Phi) is 49.7. The van der Waals surface area contributed by atoms with Crippen LogP contribution in [0.15, 0.2) is 147 Å². The van der Waals surface area contributed by atoms with E-state index < -0.39 is 58.8 Å². The average Bonchev–Trinajstić information content (AvgIpc) is 1.64. The largest absolute Gasteiger partial charge is 0.581 e. The van der Waals surface area contributed by atoms with Crippen molar-refractivity contribution in [2.75, 3.05) is 45.3 Å². The van der Waals surface area contributed by atoms with Crippen molar-refractivity contribution in [3.05, 3.63) is 269 Å². The minimum Gasteiger partial charge on any atom is -0.581 e. The molecule has 16 heterocycles. The van der Waals surface area contributed by atoms with Crippen LogP contribution in [0.1, 0.15) is 69.0 Å². The average molecular weight is 2710 g/mol. The molecule has 0 spiro atoms. The van der Waals surface area contributed by atoms with Crippen LogP contribution >= 0.6 is 193 Å². The molecule has 16 rings (SSSR count). The van der Waals surface area contributed by atoms with Crippen LogP contribution in [0.25, 0.3) is 22.4 Å². The van der Waals surface area contributed by atoms with Crippen molar-refractivity contribution in [1.29, 1.82) is 0 Å². The summed E-state index contributed by atoms with van der Waals surface area (Å²) in [6.07, 6.45) is 14.0. The number of amides is 1. The zero-order valence-corrected chi connectivity index (χ0v) is 98.6. The number of hydrazine groups is 2. The molecular formula is C81H86BCl9F4I4N34O9Si2Zn. The van der Waals surface area contributed by atoms with E-state index in [-0.39, 0.29) is 148 Å². The molecule has 15 aromatic rings. The van der Waals surface area contributed by atoms with Gasteiger partial charge in [-0.3, -0.25) is 54.6 Å². The van der Waals surface area contributed by atoms with E-state index in [2.05, 4.69) is 166 Å². The van der Waals surface area contributed by atoms with Gasteiger partial charge < -0.3 is 77.2 Å². The number of hydrogen-bond acceptors (Lipinski definition) is 37. The number of carbonyl (C=O) groups excluding carboxylic acids is 1. The molecule has 0 saturated carbocycles. The smallest absolute Gasteiger partial charge is 0.101 e. The molecule has 1 aliphatic rings. The van der Waals surface area contributed by atoms with E-state index in [9.17, 15) is 36.7 Å². The number of aryl methyl sites for hydroxylation is 2. The van der Waals surface area contributed by atoms with Crippen LogP contribution in [0.5, 0.6) is 0 Å². The molecule has 766 valence electrons. The first-order chi connectivity index (χ1) is 67.9. The molecular weight excluding hydrogens is 2630 g/mol. The van der Waals surface area contributed by atoms with Crippen molar-refractivity contribution in [3.8, 4) is 11.1 Å². The topological polar surface area (TPSA) is 624 Å². The molecule has 0 aliphatic carbocycles. The van der Waals surface area contributed by atoms with Crippen LogP contribution < -0.4 is 73.1 Å². The van der Waals surface area contributed by atoms with Crippen molar-refractivity contribution in [2.24, 2.45) is 24.6 Å². The van der Waals surface area contributed by atoms with Gasteiger partial charge in [-0.15, -0.1) is 10.2 Å². The summed E-state index contributed by atoms with van der Waals surface area (Å²) >= 11 is 54.5. The summed E-state index contributed by atoms with van der Waals surface area (Å²) in [6.45, 7) is 23.2. The Morgan fingerprint density at radius 2 is 0.945 bits per heavy atom. The minimum atomic E-state index is -1.43. The van der Waals surface area contributed by atoms with Crippen molar-refractivity contribution >= 4 is 298 Å². The van der Waals surface area contributed by atoms with Gasteiger partial charge in [-0.2, -0.15) is 24.0 Å². The Bertz CT molecular complexity index is 7010. The molecule has 15 aromatic heterocycles. The normalized spacial score (nSPS) is 12.0. The first-order valence-corrected chi connectivity index (χ1v) is 58.7. The van der Waals surface area contributed by atoms with Gasteiger partial charge in [0.25, 0.3) is 0 Å². The maximum Gasteiger partial charge on any atom is 0.101 e. The van der Waals surface area contributed by atoms with Gasteiger partial charge in [0.1, 0.15) is 70.9 Å². The fourth-order valence-electron chi connectivity index (χ4n) is 10.7. The number of fused-ring (bicyclic) bond motifs is 2. The van der Waals surface area contributed by atoms with Crippen molar-refractivity contribution < 1.29 is 67.7 Å². The number of nitrogens with zero attached hydrogens (tertiary/aromatic N) is 24. The van der Waals surface area contributed by atoms with Gasteiger partial charge in [0.2, 0.25) is 61.0 Å². The fourth-order valence-corrected chi connectivity index (χ4v) is 15.8. The summed E-state index contributed by atoms with van der Waals surface area (Å²) < 4.78 is 88.0. The molecule has 1 amide bonds. The molecule has 0 radical (unpaired) electrons. The molecule has 18 N–H and O–H groups in total. The quantitative estimate of drug-likeness (QED) is 0.00522. The summed E-state index contributed by atoms with van der Waals surface area (Å²) in [5.74, 6) is 4.30. The van der Waals surface area contributed by atoms with Crippen molar-refractivity contribution in [1.82, 2.24) is 119 Å². The number of carboxylic acid groups (broad SMARTS) is 1. The van der Waals surface area contributed by atoms with E-state index in [4.69, 9.17) is 162 Å². The number of anilines is 8. The van der Waals surface area contributed by atoms with Crippen molar-refractivity contribution in [3.63, 3.8) is 0 Å². The molecule has 145 heavy (non-hydrogen) atoms. The molecule has 1 saturated heterocycles. The number of rotatable bonds is 15. The molecule has 0 aromatic carbocycles. The summed E-state index contributed by atoms with van der Waals surface area (Å²) in [6, 6.07) is 18.7. The third-order valence-corrected chi connectivity index (χ3v) is 27.0. The Labute approximate surface area is 935 Å². The molecule has 0 unspecified atom stereocenters. The van der Waals surface area contributed by atoms with Gasteiger partial charge in [-0.1, -0.05) is 105 Å². The van der Waals surface area contributed by atoms with Gasteiger partial charge in [0.05, 0.1) is 79.5 Å². The Hall–Kier alpha value is -9.81. The standard InChI is InChI=1S/C17H13ClFN7O.C12H18BNO3.C11H9ClFIN6O.C11H7ClFIN6.C8H21NOSi2.C7H6FNO2.C4H2Cl2IN3.C4H3Cl2N3.C4H5ClIN5.C3H2NO.ClH.Zn/c1-25-8-9(4-5-13(25)27)14-15(18)23-17(20)26-16(14)22-12(24-26)7-11-10(19)3-2-6-21-11;1-11(2)12(3,4)17-13(16-11)9-6-7-10(15)14(5)8-9;12-9-8(14)10(18-11(15)17-9)20-19-7(21)4-6-5(13)2-1-3-16-6;12-9-8(14)10-17-7(19-20(10)11(15)18-9)4-6-5(13)2-1-3-16-6;1-8(9-11(2,3)4)10-12(5,6)7;8-5-2-1-3-9-6(5)4-7(10)11;5-2-1(7)3(6)10-4(8)9-2;5-2-1-3(6)9-4(7)8-2;5-2-1(6)3(11-8)10-4(7)9-2;1-2-5-3-4-1;;/h2-6,8H,7H2,1H3,(H2,20,23);6-8H,1-5H3;1-3H,4H2,(H,19,21)(H3,15,17,18,20);1-3H,4H2,(H2,15,18);1-7H3;1-3H,4H2,(H,10,11);(H2,8,9,10);1H,(H2,7,8,9);8H2,(H3,7,9,10,11);1-2H;1H;/q;;;;;;;;;-1;;+2/p-1. The summed E-state index contributed by atoms with van der Waals surface area (Å²) in [7, 11) is 4.94. The number of halogens is 17. The maximum absolute atomic E-state index is 13.9. The number of nitrogens with two attached hydrogens (primary N) is 7. The fraction of sp³-hybridized carbons (Fsp3) is 0.235. The van der Waals surface area contributed by atoms with E-state index in [0.29, 0.717) is 59.3 Å². The first kappa shape index (κ1) is 124. The molecule has 43 nitrogen and oxygen atoms in total. The summed E-state index contributed by atoms with van der Waals surface area (Å²) in [4.78, 5) is 110. The van der Waals surface area contributed by atoms with Gasteiger partial charge in [-0.25, -0.2) is 68.3 Å². The van der Waals surface area contributed by atoms with E-state index in [0.717, 1.165) is 28.7 Å². The number of pyridine rings is 6. The second kappa shape index (κ2) is 58.2. The number of aromatic nitrogens is 23. The maximum atomic E-state index is 13.9. The van der Waals surface area contributed by atoms with Gasteiger partial charge >= 0.3 is 40.1 Å². The number of carboxylic acids is 1. The molecule has 64 heteroatoms. The third-order valence-electron chi connectivity index (χ3n) is 17.5. The SMILES string of the molecule is CC(=N[Si](C)(C)C)O[Si](C)(C)C.Cn1cc(-c2c(Cl)nc(N)n3nc(Cc4ncccc4F)nc23)ccc1=O.Cn1cc(B2OC(C)(C)C(C)(C)O2)ccc1=O.NNc1nc(N)nc(Cl)c1I.Nc1nc(Cl)c(I)c(Cl)n1.Nc1nc(Cl)c(I)c(NNC(=O)Cc2ncccc2F)n1.Nc1nc(Cl)c(I)c2nc(Cc3ncccc3F)nn12.Nc1nc(Cl)cc(Cl)n1.O=C(O)Cc1ncccc1F.[Cl][Zn+].[c-]1ncco1. The number of nitrogens with one attached hydrogen (secondary N) is 3. The predicted molar refractivity (Wildman–Crippen MR) is 584 cm³/mol. The Morgan fingerprint density at radius 3 is 1.36 bits per heavy atom. The number of aliphatic carboxylic acids is 1. The first-order valence-electron chi connectivity index (χ1n) is 40.6. The van der Waals surface area contributed by atoms with Crippen LogP contribution in [0, 0.1) is 43.9 Å². The van der Waals surface area contributed by atoms with Crippen LogP contribution in [0.4, 0.5) is 64.9 Å². The van der Waals surface area contributed by atoms with Crippen LogP contribution in [-0.2, 0) is 80.4 Å². The number of carbonyl (C=O) groups is 2. The Balaban J connectivity index is 0.000000252. The van der Waals surface area contributed by atoms with Crippen LogP contribution in [0.3, 0.4) is 0 Å². The molecule has 0 atom stereocenters. The second-order valence-corrected chi connectivity index (χ2v) is 47.5. The third kappa shape index (κ3) is 40.3. The van der Waals surface area contributed by atoms with E-state index >= 15 is 0 Å². The molecule has 1 aliphatic heterocycles. The van der Waals surface area contributed by atoms with Crippen LogP contribution in [-0.4, -0.2) is 171 Å². The van der Waals surface area contributed by atoms with Crippen LogP contribution in [0.2, 0.25) is 80.5 Å². The van der Waals surface area contributed by atoms with E-state index in [1.54, 1.807) is 38.6 Å². The zero-order chi connectivity index (χ0) is 108. The number of nitrogen functional groups attached to an aromatic ring is 7. The van der Waals surface area contributed by atoms with E-state index in [1.165, 1.54) is 122 Å². The number of oxazole rings is 1. The second-order valence-electron chi connectivity index (χ2n) is 31.3.